The van der Waals surface area contributed by atoms with Crippen LogP contribution in [0.5, 0.6) is 0 Å². The Morgan fingerprint density at radius 1 is 1.32 bits per heavy atom. The number of carbonyl (C=O) groups excluding carboxylic acids is 1. The number of nitrogens with one attached hydrogen (secondary N) is 1. The number of hydrogen-bond donors (Lipinski definition) is 2. The van der Waals surface area contributed by atoms with E-state index in [-0.39, 0.29) is 24.4 Å². The topological polar surface area (TPSA) is 68.3 Å². The molecule has 0 aliphatic carbocycles. The molecule has 0 bridgehead atoms. The maximum Gasteiger partial charge on any atom is 0.287 e. The summed E-state index contributed by atoms with van der Waals surface area (Å²) in [5.41, 5.74) is 7.43. The predicted octanol–water partition coefficient (Wildman–Crippen LogP) is 4.68. The third-order valence-corrected chi connectivity index (χ3v) is 5.80. The second kappa shape index (κ2) is 9.29. The molecule has 0 aliphatic rings. The summed E-state index contributed by atoms with van der Waals surface area (Å²) >= 11 is 3.42. The summed E-state index contributed by atoms with van der Waals surface area (Å²) in [6, 6.07) is 12.0. The Kier molecular flexibility index (Phi) is 7.38. The molecule has 0 saturated heterocycles. The van der Waals surface area contributed by atoms with Crippen molar-refractivity contribution in [2.45, 2.75) is 29.3 Å². The maximum atomic E-state index is 12.5. The molecule has 3 N–H and O–H groups in total. The standard InChI is InChI=1S/C18H20N2O2S2.ClH/c1-12(19)8-9-20-18(21)17-14(11-24-16-7-4-10-23-16)13-5-2-3-6-15(13)22-17;/h2-7,10,12H,8-9,11,19H2,1H3,(H,20,21);1H. The summed E-state index contributed by atoms with van der Waals surface area (Å²) < 4.78 is 7.06. The fourth-order valence-corrected chi connectivity index (χ4v) is 4.22. The van der Waals surface area contributed by atoms with Gasteiger partial charge in [0.15, 0.2) is 5.76 Å². The number of fused-ring (bicyclic) bond motifs is 1. The number of nitrogens with two attached hydrogens (primary N) is 1. The van der Waals surface area contributed by atoms with Crippen LogP contribution < -0.4 is 11.1 Å². The smallest absolute Gasteiger partial charge is 0.287 e. The summed E-state index contributed by atoms with van der Waals surface area (Å²) in [7, 11) is 0. The lowest BCUT2D eigenvalue weighted by atomic mass is 10.1. The summed E-state index contributed by atoms with van der Waals surface area (Å²) in [6.45, 7) is 2.47. The van der Waals surface area contributed by atoms with Gasteiger partial charge in [0.1, 0.15) is 5.58 Å². The van der Waals surface area contributed by atoms with Gasteiger partial charge < -0.3 is 15.5 Å². The molecule has 0 spiro atoms. The highest BCUT2D eigenvalue weighted by atomic mass is 35.5. The molecule has 1 atom stereocenters. The van der Waals surface area contributed by atoms with E-state index in [1.165, 1.54) is 4.21 Å². The number of rotatable bonds is 7. The lowest BCUT2D eigenvalue weighted by Crippen LogP contribution is -2.29. The average molecular weight is 397 g/mol. The van der Waals surface area contributed by atoms with Gasteiger partial charge in [-0.3, -0.25) is 4.79 Å². The molecule has 1 amide bonds. The number of amides is 1. The average Bonchev–Trinajstić information content (AvgIpc) is 3.20. The van der Waals surface area contributed by atoms with Gasteiger partial charge in [-0.15, -0.1) is 35.5 Å². The Morgan fingerprint density at radius 3 is 2.84 bits per heavy atom. The van der Waals surface area contributed by atoms with Crippen LogP contribution in [0, 0.1) is 0 Å². The van der Waals surface area contributed by atoms with Crippen molar-refractivity contribution >= 4 is 52.4 Å². The van der Waals surface area contributed by atoms with E-state index < -0.39 is 0 Å². The van der Waals surface area contributed by atoms with E-state index in [9.17, 15) is 4.79 Å². The predicted molar refractivity (Wildman–Crippen MR) is 108 cm³/mol. The van der Waals surface area contributed by atoms with Gasteiger partial charge in [0, 0.05) is 29.3 Å². The quantitative estimate of drug-likeness (QED) is 0.569. The Bertz CT molecular complexity index is 816. The van der Waals surface area contributed by atoms with Crippen LogP contribution in [0.3, 0.4) is 0 Å². The number of halogens is 1. The van der Waals surface area contributed by atoms with Crippen LogP contribution in [-0.2, 0) is 5.75 Å². The number of furan rings is 1. The fraction of sp³-hybridized carbons (Fsp3) is 0.278. The first-order chi connectivity index (χ1) is 11.6. The minimum atomic E-state index is -0.173. The fourth-order valence-electron chi connectivity index (χ4n) is 2.41. The van der Waals surface area contributed by atoms with Crippen LogP contribution in [0.1, 0.15) is 29.5 Å². The molecule has 1 unspecified atom stereocenters. The third kappa shape index (κ3) is 5.01. The van der Waals surface area contributed by atoms with Crippen molar-refractivity contribution in [3.8, 4) is 0 Å². The van der Waals surface area contributed by atoms with Crippen molar-refractivity contribution in [1.82, 2.24) is 5.32 Å². The van der Waals surface area contributed by atoms with Gasteiger partial charge in [0.05, 0.1) is 4.21 Å². The Labute approximate surface area is 161 Å². The van der Waals surface area contributed by atoms with Crippen molar-refractivity contribution in [2.24, 2.45) is 5.73 Å². The normalized spacial score (nSPS) is 11.9. The number of para-hydroxylation sites is 1. The molecule has 7 heteroatoms. The second-order valence-electron chi connectivity index (χ2n) is 5.65. The van der Waals surface area contributed by atoms with E-state index in [0.29, 0.717) is 18.1 Å². The van der Waals surface area contributed by atoms with Crippen LogP contribution in [0.2, 0.25) is 0 Å². The molecular weight excluding hydrogens is 376 g/mol. The minimum Gasteiger partial charge on any atom is -0.451 e. The van der Waals surface area contributed by atoms with Gasteiger partial charge in [-0.2, -0.15) is 0 Å². The van der Waals surface area contributed by atoms with E-state index in [4.69, 9.17) is 10.2 Å². The molecule has 0 aliphatic heterocycles. The van der Waals surface area contributed by atoms with Crippen molar-refractivity contribution in [1.29, 1.82) is 0 Å². The maximum absolute atomic E-state index is 12.5. The highest BCUT2D eigenvalue weighted by Crippen LogP contribution is 2.33. The van der Waals surface area contributed by atoms with Crippen LogP contribution >= 0.6 is 35.5 Å². The van der Waals surface area contributed by atoms with Gasteiger partial charge >= 0.3 is 0 Å². The molecule has 1 aromatic carbocycles. The van der Waals surface area contributed by atoms with Crippen molar-refractivity contribution in [2.75, 3.05) is 6.54 Å². The van der Waals surface area contributed by atoms with Gasteiger partial charge in [-0.1, -0.05) is 24.3 Å². The third-order valence-electron chi connectivity index (χ3n) is 3.64. The van der Waals surface area contributed by atoms with E-state index in [1.54, 1.807) is 23.1 Å². The zero-order valence-corrected chi connectivity index (χ0v) is 16.3. The highest BCUT2D eigenvalue weighted by Gasteiger charge is 2.20. The van der Waals surface area contributed by atoms with Crippen molar-refractivity contribution < 1.29 is 9.21 Å². The molecule has 0 saturated carbocycles. The Hall–Kier alpha value is -1.47. The van der Waals surface area contributed by atoms with Gasteiger partial charge in [0.2, 0.25) is 0 Å². The molecule has 4 nitrogen and oxygen atoms in total. The summed E-state index contributed by atoms with van der Waals surface area (Å²) in [5, 5.41) is 5.96. The second-order valence-corrected chi connectivity index (χ2v) is 7.87. The van der Waals surface area contributed by atoms with E-state index in [2.05, 4.69) is 16.8 Å². The molecular formula is C18H21ClN2O2S2. The monoisotopic (exact) mass is 396 g/mol. The molecule has 3 aromatic rings. The van der Waals surface area contributed by atoms with Crippen molar-refractivity contribution in [3.63, 3.8) is 0 Å². The Morgan fingerprint density at radius 2 is 2.12 bits per heavy atom. The van der Waals surface area contributed by atoms with E-state index in [0.717, 1.165) is 23.0 Å². The van der Waals surface area contributed by atoms with E-state index >= 15 is 0 Å². The summed E-state index contributed by atoms with van der Waals surface area (Å²) in [4.78, 5) is 12.5. The number of hydrogen-bond acceptors (Lipinski definition) is 5. The van der Waals surface area contributed by atoms with E-state index in [1.807, 2.05) is 37.3 Å². The molecule has 0 fully saturated rings. The van der Waals surface area contributed by atoms with Crippen LogP contribution in [0.15, 0.2) is 50.4 Å². The Balaban J connectivity index is 0.00000225. The molecule has 25 heavy (non-hydrogen) atoms. The minimum absolute atomic E-state index is 0. The van der Waals surface area contributed by atoms with Crippen LogP contribution in [-0.4, -0.2) is 18.5 Å². The first kappa shape index (κ1) is 19.8. The molecule has 134 valence electrons. The van der Waals surface area contributed by atoms with Gasteiger partial charge in [-0.25, -0.2) is 0 Å². The molecule has 2 heterocycles. The number of benzene rings is 1. The first-order valence-corrected chi connectivity index (χ1v) is 9.72. The van der Waals surface area contributed by atoms with Crippen molar-refractivity contribution in [3.05, 3.63) is 53.1 Å². The first-order valence-electron chi connectivity index (χ1n) is 7.85. The number of thioether (sulfide) groups is 1. The van der Waals surface area contributed by atoms with Gasteiger partial charge in [-0.05, 0) is 30.9 Å². The van der Waals surface area contributed by atoms with Crippen LogP contribution in [0.4, 0.5) is 0 Å². The van der Waals surface area contributed by atoms with Gasteiger partial charge in [0.25, 0.3) is 5.91 Å². The summed E-state index contributed by atoms with van der Waals surface area (Å²) in [6.07, 6.45) is 0.741. The zero-order chi connectivity index (χ0) is 16.9. The van der Waals surface area contributed by atoms with Crippen LogP contribution in [0.25, 0.3) is 11.0 Å². The SMILES string of the molecule is CC(N)CCNC(=O)c1oc2ccccc2c1CSc1cccs1.Cl. The molecule has 3 rings (SSSR count). The molecule has 0 radical (unpaired) electrons. The lowest BCUT2D eigenvalue weighted by Gasteiger charge is -2.07. The lowest BCUT2D eigenvalue weighted by molar-refractivity contribution is 0.0926. The largest absolute Gasteiger partial charge is 0.451 e. The number of carbonyl (C=O) groups is 1. The number of thiophene rings is 1. The zero-order valence-electron chi connectivity index (χ0n) is 13.9. The molecule has 2 aromatic heterocycles. The highest BCUT2D eigenvalue weighted by molar-refractivity contribution is 8.00. The summed E-state index contributed by atoms with van der Waals surface area (Å²) in [5.74, 6) is 0.937.